The summed E-state index contributed by atoms with van der Waals surface area (Å²) in [6, 6.07) is 1.96. The fourth-order valence-electron chi connectivity index (χ4n) is 4.69. The Morgan fingerprint density at radius 1 is 0.903 bits per heavy atom. The summed E-state index contributed by atoms with van der Waals surface area (Å²) >= 11 is 0. The highest BCUT2D eigenvalue weighted by Crippen LogP contribution is 2.51. The minimum Gasteiger partial charge on any atom is -0.498 e. The van der Waals surface area contributed by atoms with Gasteiger partial charge in [-0.25, -0.2) is 0 Å². The maximum Gasteiger partial charge on any atom is 0.203 e. The molecule has 4 unspecified atom stereocenters. The first-order chi connectivity index (χ1) is 14.8. The van der Waals surface area contributed by atoms with Crippen LogP contribution in [0, 0.1) is 5.92 Å². The molecular weight excluding hydrogens is 400 g/mol. The predicted octanol–water partition coefficient (Wildman–Crippen LogP) is 3.37. The van der Waals surface area contributed by atoms with Crippen LogP contribution in [0.1, 0.15) is 31.4 Å². The molecule has 3 rings (SSSR count). The lowest BCUT2D eigenvalue weighted by Gasteiger charge is -2.40. The van der Waals surface area contributed by atoms with E-state index in [1.807, 2.05) is 26.0 Å². The predicted molar refractivity (Wildman–Crippen MR) is 118 cm³/mol. The summed E-state index contributed by atoms with van der Waals surface area (Å²) in [5.41, 5.74) is 2.75. The van der Waals surface area contributed by atoms with Crippen LogP contribution in [0.25, 0.3) is 5.57 Å². The average Bonchev–Trinajstić information content (AvgIpc) is 2.76. The normalized spacial score (nSPS) is 28.0. The highest BCUT2D eigenvalue weighted by Gasteiger charge is 2.43. The van der Waals surface area contributed by atoms with E-state index in [2.05, 4.69) is 0 Å². The number of benzene rings is 1. The zero-order valence-corrected chi connectivity index (χ0v) is 19.7. The van der Waals surface area contributed by atoms with Gasteiger partial charge in [0.15, 0.2) is 11.5 Å². The Labute approximate surface area is 184 Å². The SMILES string of the molecule is COC1=CC2=C(c3c(cc(OC)c(OC)c3OC)CC(C)C(C)(O)C2)C(OC)C1OC. The molecule has 0 saturated heterocycles. The molecule has 0 fully saturated rings. The maximum atomic E-state index is 11.3. The van der Waals surface area contributed by atoms with Crippen LogP contribution in [-0.2, 0) is 20.6 Å². The summed E-state index contributed by atoms with van der Waals surface area (Å²) in [5, 5.41) is 11.3. The number of fused-ring (bicyclic) bond motifs is 2. The lowest BCUT2D eigenvalue weighted by Crippen LogP contribution is -2.41. The van der Waals surface area contributed by atoms with Gasteiger partial charge in [-0.15, -0.1) is 0 Å². The molecule has 0 aromatic heterocycles. The van der Waals surface area contributed by atoms with Gasteiger partial charge in [-0.3, -0.25) is 0 Å². The molecule has 0 spiro atoms. The topological polar surface area (TPSA) is 75.6 Å². The van der Waals surface area contributed by atoms with Crippen LogP contribution in [0.2, 0.25) is 0 Å². The Morgan fingerprint density at radius 2 is 1.55 bits per heavy atom. The van der Waals surface area contributed by atoms with Crippen molar-refractivity contribution in [1.29, 1.82) is 0 Å². The van der Waals surface area contributed by atoms with Crippen LogP contribution in [0.15, 0.2) is 23.5 Å². The van der Waals surface area contributed by atoms with Crippen molar-refractivity contribution in [3.8, 4) is 17.2 Å². The van der Waals surface area contributed by atoms with E-state index in [1.54, 1.807) is 42.7 Å². The molecule has 7 heteroatoms. The fraction of sp³-hybridized carbons (Fsp3) is 0.583. The van der Waals surface area contributed by atoms with Gasteiger partial charge in [-0.05, 0) is 48.1 Å². The third-order valence-corrected chi connectivity index (χ3v) is 6.56. The van der Waals surface area contributed by atoms with E-state index < -0.39 is 17.8 Å². The standard InChI is InChI=1S/C24H34O7/c1-13-9-14-10-16(26-3)20(28-5)22(30-7)18(14)19-15(12-24(13,2)25)11-17(27-4)21(29-6)23(19)31-8/h10-11,13,21,23,25H,9,12H2,1-8H3. The zero-order valence-electron chi connectivity index (χ0n) is 19.7. The molecule has 1 aromatic rings. The molecular formula is C24H34O7. The Hall–Kier alpha value is -2.22. The molecule has 4 atom stereocenters. The van der Waals surface area contributed by atoms with Gasteiger partial charge in [0.05, 0.1) is 34.0 Å². The number of hydrogen-bond donors (Lipinski definition) is 1. The van der Waals surface area contributed by atoms with Crippen molar-refractivity contribution in [3.63, 3.8) is 0 Å². The van der Waals surface area contributed by atoms with Gasteiger partial charge >= 0.3 is 0 Å². The lowest BCUT2D eigenvalue weighted by atomic mass is 9.72. The quantitative estimate of drug-likeness (QED) is 0.736. The number of methoxy groups -OCH3 is 6. The first kappa shape index (κ1) is 23.4. The minimum atomic E-state index is -0.938. The van der Waals surface area contributed by atoms with Crippen molar-refractivity contribution in [2.75, 3.05) is 42.7 Å². The first-order valence-electron chi connectivity index (χ1n) is 10.4. The second kappa shape index (κ2) is 9.10. The van der Waals surface area contributed by atoms with Crippen molar-refractivity contribution in [1.82, 2.24) is 0 Å². The molecule has 0 saturated carbocycles. The monoisotopic (exact) mass is 434 g/mol. The highest BCUT2D eigenvalue weighted by atomic mass is 16.6. The summed E-state index contributed by atoms with van der Waals surface area (Å²) in [6.45, 7) is 3.92. The smallest absolute Gasteiger partial charge is 0.203 e. The molecule has 0 heterocycles. The van der Waals surface area contributed by atoms with E-state index in [-0.39, 0.29) is 5.92 Å². The molecule has 0 bridgehead atoms. The van der Waals surface area contributed by atoms with E-state index in [4.69, 9.17) is 28.4 Å². The van der Waals surface area contributed by atoms with Gasteiger partial charge in [-0.2, -0.15) is 0 Å². The maximum absolute atomic E-state index is 11.3. The Morgan fingerprint density at radius 3 is 2.06 bits per heavy atom. The van der Waals surface area contributed by atoms with Gasteiger partial charge in [0, 0.05) is 26.2 Å². The van der Waals surface area contributed by atoms with E-state index in [1.165, 1.54) is 0 Å². The van der Waals surface area contributed by atoms with E-state index in [0.717, 1.165) is 22.3 Å². The Balaban J connectivity index is 2.45. The van der Waals surface area contributed by atoms with Crippen LogP contribution in [0.3, 0.4) is 0 Å². The van der Waals surface area contributed by atoms with Crippen molar-refractivity contribution >= 4 is 5.57 Å². The Kier molecular flexibility index (Phi) is 6.88. The number of ether oxygens (including phenoxy) is 6. The molecule has 0 radical (unpaired) electrons. The molecule has 1 aromatic carbocycles. The highest BCUT2D eigenvalue weighted by molar-refractivity contribution is 5.85. The van der Waals surface area contributed by atoms with Gasteiger partial charge < -0.3 is 33.5 Å². The number of allylic oxidation sites excluding steroid dienone is 1. The molecule has 7 nitrogen and oxygen atoms in total. The second-order valence-corrected chi connectivity index (χ2v) is 8.32. The molecule has 31 heavy (non-hydrogen) atoms. The Bertz CT molecular complexity index is 884. The molecule has 2 aliphatic rings. The third-order valence-electron chi connectivity index (χ3n) is 6.56. The summed E-state index contributed by atoms with van der Waals surface area (Å²) in [4.78, 5) is 0. The van der Waals surface area contributed by atoms with Gasteiger partial charge in [0.25, 0.3) is 0 Å². The summed E-state index contributed by atoms with van der Waals surface area (Å²) in [7, 11) is 9.70. The van der Waals surface area contributed by atoms with Crippen LogP contribution in [-0.4, -0.2) is 65.6 Å². The third kappa shape index (κ3) is 3.90. The largest absolute Gasteiger partial charge is 0.498 e. The minimum absolute atomic E-state index is 0.0244. The number of hydrogen-bond acceptors (Lipinski definition) is 7. The first-order valence-corrected chi connectivity index (χ1v) is 10.4. The van der Waals surface area contributed by atoms with Crippen LogP contribution >= 0.6 is 0 Å². The van der Waals surface area contributed by atoms with Crippen molar-refractivity contribution in [2.45, 2.75) is 44.5 Å². The van der Waals surface area contributed by atoms with Crippen molar-refractivity contribution < 1.29 is 33.5 Å². The summed E-state index contributed by atoms with van der Waals surface area (Å²) in [6.07, 6.45) is 2.11. The van der Waals surface area contributed by atoms with Crippen LogP contribution < -0.4 is 14.2 Å². The number of rotatable bonds is 6. The zero-order chi connectivity index (χ0) is 22.9. The molecule has 1 N–H and O–H groups in total. The van der Waals surface area contributed by atoms with Gasteiger partial charge in [0.2, 0.25) is 5.75 Å². The summed E-state index contributed by atoms with van der Waals surface area (Å²) in [5.74, 6) is 2.29. The second-order valence-electron chi connectivity index (χ2n) is 8.32. The van der Waals surface area contributed by atoms with Crippen molar-refractivity contribution in [2.24, 2.45) is 5.92 Å². The van der Waals surface area contributed by atoms with Crippen molar-refractivity contribution in [3.05, 3.63) is 34.6 Å². The van der Waals surface area contributed by atoms with Gasteiger partial charge in [-0.1, -0.05) is 6.92 Å². The molecule has 2 aliphatic carbocycles. The number of aliphatic hydroxyl groups is 1. The van der Waals surface area contributed by atoms with E-state index >= 15 is 0 Å². The van der Waals surface area contributed by atoms with E-state index in [9.17, 15) is 5.11 Å². The summed E-state index contributed by atoms with van der Waals surface area (Å²) < 4.78 is 34.5. The molecule has 172 valence electrons. The van der Waals surface area contributed by atoms with Gasteiger partial charge in [0.1, 0.15) is 18.0 Å². The van der Waals surface area contributed by atoms with E-state index in [0.29, 0.717) is 35.8 Å². The molecule has 0 aliphatic heterocycles. The lowest BCUT2D eigenvalue weighted by molar-refractivity contribution is -0.0175. The fourth-order valence-corrected chi connectivity index (χ4v) is 4.69. The molecule has 0 amide bonds. The average molecular weight is 435 g/mol. The van der Waals surface area contributed by atoms with Crippen LogP contribution in [0.4, 0.5) is 0 Å². The van der Waals surface area contributed by atoms with Crippen LogP contribution in [0.5, 0.6) is 17.2 Å².